The summed E-state index contributed by atoms with van der Waals surface area (Å²) in [7, 11) is 0. The molecule has 0 aliphatic carbocycles. The van der Waals surface area contributed by atoms with Gasteiger partial charge < -0.3 is 20.2 Å². The molecular weight excluding hydrogens is 366 g/mol. The fourth-order valence-electron chi connectivity index (χ4n) is 5.22. The molecule has 6 nitrogen and oxygen atoms in total. The zero-order chi connectivity index (χ0) is 20.0. The zero-order valence-electron chi connectivity index (χ0n) is 16.3. The second-order valence-corrected chi connectivity index (χ2v) is 8.21. The Morgan fingerprint density at radius 2 is 1.76 bits per heavy atom. The molecule has 2 fully saturated rings. The molecule has 0 saturated carbocycles. The summed E-state index contributed by atoms with van der Waals surface area (Å²) in [6.45, 7) is 2.12. The van der Waals surface area contributed by atoms with Gasteiger partial charge in [0.1, 0.15) is 0 Å². The van der Waals surface area contributed by atoms with E-state index in [0.29, 0.717) is 12.1 Å². The lowest BCUT2D eigenvalue weighted by Gasteiger charge is -2.39. The Kier molecular flexibility index (Phi) is 4.42. The van der Waals surface area contributed by atoms with Gasteiger partial charge in [0, 0.05) is 36.8 Å². The van der Waals surface area contributed by atoms with Gasteiger partial charge in [0.25, 0.3) is 5.91 Å². The Morgan fingerprint density at radius 1 is 1.00 bits per heavy atom. The lowest BCUT2D eigenvalue weighted by atomic mass is 9.79. The first-order chi connectivity index (χ1) is 14.1. The van der Waals surface area contributed by atoms with Crippen LogP contribution >= 0.6 is 0 Å². The van der Waals surface area contributed by atoms with Crippen LogP contribution in [-0.4, -0.2) is 46.5 Å². The molecular formula is C23H25N3O3. The quantitative estimate of drug-likeness (QED) is 0.807. The Balaban J connectivity index is 1.56. The number of carboxylic acid groups (broad SMARTS) is 1. The first-order valence-electron chi connectivity index (χ1n) is 10.4. The van der Waals surface area contributed by atoms with E-state index in [1.165, 1.54) is 0 Å². The maximum Gasteiger partial charge on any atom is 0.407 e. The Labute approximate surface area is 170 Å². The van der Waals surface area contributed by atoms with Crippen LogP contribution in [0.1, 0.15) is 52.8 Å². The van der Waals surface area contributed by atoms with Crippen molar-refractivity contribution in [2.75, 3.05) is 25.0 Å². The van der Waals surface area contributed by atoms with Crippen molar-refractivity contribution in [3.63, 3.8) is 0 Å². The third-order valence-corrected chi connectivity index (χ3v) is 6.60. The average Bonchev–Trinajstić information content (AvgIpc) is 3.43. The standard InChI is InChI=1S/C23H25N3O3/c27-22(25-11-4-5-12-25)16-8-9-19-18(14-16)21-17(10-13-26(21)23(28)29)20(24-19)15-6-2-1-3-7-15/h1-3,6-9,14,17,20-21,24H,4-5,10-13H2,(H,28,29). The molecule has 3 atom stereocenters. The van der Waals surface area contributed by atoms with E-state index in [9.17, 15) is 14.7 Å². The number of hydrogen-bond donors (Lipinski definition) is 2. The molecule has 2 N–H and O–H groups in total. The number of nitrogens with one attached hydrogen (secondary N) is 1. The highest BCUT2D eigenvalue weighted by Gasteiger charge is 2.46. The largest absolute Gasteiger partial charge is 0.465 e. The number of rotatable bonds is 2. The van der Waals surface area contributed by atoms with Crippen LogP contribution in [0.25, 0.3) is 0 Å². The molecule has 2 amide bonds. The number of fused-ring (bicyclic) bond motifs is 3. The number of hydrogen-bond acceptors (Lipinski definition) is 3. The second-order valence-electron chi connectivity index (χ2n) is 8.21. The molecule has 3 aliphatic heterocycles. The summed E-state index contributed by atoms with van der Waals surface area (Å²) in [5.41, 5.74) is 3.66. The first kappa shape index (κ1) is 18.0. The molecule has 0 bridgehead atoms. The minimum Gasteiger partial charge on any atom is -0.465 e. The van der Waals surface area contributed by atoms with Crippen LogP contribution in [0.5, 0.6) is 0 Å². The van der Waals surface area contributed by atoms with E-state index in [2.05, 4.69) is 17.4 Å². The molecule has 3 unspecified atom stereocenters. The van der Waals surface area contributed by atoms with Crippen molar-refractivity contribution >= 4 is 17.7 Å². The third-order valence-electron chi connectivity index (χ3n) is 6.60. The van der Waals surface area contributed by atoms with Crippen LogP contribution in [-0.2, 0) is 0 Å². The maximum atomic E-state index is 12.9. The van der Waals surface area contributed by atoms with Gasteiger partial charge in [0.2, 0.25) is 0 Å². The predicted molar refractivity (Wildman–Crippen MR) is 110 cm³/mol. The highest BCUT2D eigenvalue weighted by molar-refractivity contribution is 5.95. The number of carbonyl (C=O) groups is 2. The highest BCUT2D eigenvalue weighted by atomic mass is 16.4. The van der Waals surface area contributed by atoms with Gasteiger partial charge in [-0.25, -0.2) is 4.79 Å². The van der Waals surface area contributed by atoms with E-state index in [1.807, 2.05) is 41.3 Å². The van der Waals surface area contributed by atoms with Crippen molar-refractivity contribution in [2.24, 2.45) is 5.92 Å². The van der Waals surface area contributed by atoms with Crippen molar-refractivity contribution < 1.29 is 14.7 Å². The molecule has 3 heterocycles. The van der Waals surface area contributed by atoms with E-state index in [0.717, 1.165) is 49.2 Å². The van der Waals surface area contributed by atoms with E-state index in [4.69, 9.17) is 0 Å². The van der Waals surface area contributed by atoms with Crippen LogP contribution in [0, 0.1) is 5.92 Å². The monoisotopic (exact) mass is 391 g/mol. The zero-order valence-corrected chi connectivity index (χ0v) is 16.3. The van der Waals surface area contributed by atoms with Crippen molar-refractivity contribution in [3.05, 3.63) is 65.2 Å². The van der Waals surface area contributed by atoms with Gasteiger partial charge in [0.15, 0.2) is 0 Å². The summed E-state index contributed by atoms with van der Waals surface area (Å²) in [6, 6.07) is 15.8. The van der Waals surface area contributed by atoms with Crippen LogP contribution in [0.4, 0.5) is 10.5 Å². The first-order valence-corrected chi connectivity index (χ1v) is 10.4. The van der Waals surface area contributed by atoms with Gasteiger partial charge in [-0.1, -0.05) is 30.3 Å². The lowest BCUT2D eigenvalue weighted by molar-refractivity contribution is 0.0792. The molecule has 0 spiro atoms. The Bertz CT molecular complexity index is 940. The normalized spacial score (nSPS) is 25.3. The van der Waals surface area contributed by atoms with Gasteiger partial charge in [-0.15, -0.1) is 0 Å². The van der Waals surface area contributed by atoms with E-state index in [1.54, 1.807) is 4.90 Å². The maximum absolute atomic E-state index is 12.9. The number of benzene rings is 2. The van der Waals surface area contributed by atoms with Crippen molar-refractivity contribution in [3.8, 4) is 0 Å². The van der Waals surface area contributed by atoms with Crippen LogP contribution in [0.3, 0.4) is 0 Å². The Hall–Kier alpha value is -3.02. The molecule has 2 aromatic carbocycles. The summed E-state index contributed by atoms with van der Waals surface area (Å²) >= 11 is 0. The van der Waals surface area contributed by atoms with E-state index in [-0.39, 0.29) is 23.9 Å². The van der Waals surface area contributed by atoms with Crippen LogP contribution in [0.15, 0.2) is 48.5 Å². The topological polar surface area (TPSA) is 72.9 Å². The van der Waals surface area contributed by atoms with E-state index >= 15 is 0 Å². The Morgan fingerprint density at radius 3 is 2.48 bits per heavy atom. The molecule has 0 radical (unpaired) electrons. The molecule has 150 valence electrons. The fraction of sp³-hybridized carbons (Fsp3) is 0.391. The van der Waals surface area contributed by atoms with Gasteiger partial charge in [-0.05, 0) is 48.6 Å². The number of likely N-dealkylation sites (tertiary alicyclic amines) is 2. The summed E-state index contributed by atoms with van der Waals surface area (Å²) in [5, 5.41) is 13.5. The van der Waals surface area contributed by atoms with Gasteiger partial charge in [-0.2, -0.15) is 0 Å². The lowest BCUT2D eigenvalue weighted by Crippen LogP contribution is -2.37. The van der Waals surface area contributed by atoms with Gasteiger partial charge in [-0.3, -0.25) is 4.79 Å². The second kappa shape index (κ2) is 7.10. The molecule has 2 saturated heterocycles. The average molecular weight is 391 g/mol. The molecule has 2 aromatic rings. The summed E-state index contributed by atoms with van der Waals surface area (Å²) in [5.74, 6) is 0.185. The molecule has 3 aliphatic rings. The number of amides is 2. The van der Waals surface area contributed by atoms with Crippen LogP contribution in [0.2, 0.25) is 0 Å². The molecule has 5 rings (SSSR count). The van der Waals surface area contributed by atoms with Crippen LogP contribution < -0.4 is 5.32 Å². The third kappa shape index (κ3) is 3.03. The SMILES string of the molecule is O=C(c1ccc2c(c1)C1C(CCN1C(=O)O)C(c1ccccc1)N2)N1CCCC1. The summed E-state index contributed by atoms with van der Waals surface area (Å²) in [4.78, 5) is 28.3. The predicted octanol–water partition coefficient (Wildman–Crippen LogP) is 4.13. The smallest absolute Gasteiger partial charge is 0.407 e. The minimum atomic E-state index is -0.895. The number of carbonyl (C=O) groups excluding carboxylic acids is 1. The summed E-state index contributed by atoms with van der Waals surface area (Å²) < 4.78 is 0. The van der Waals surface area contributed by atoms with Crippen molar-refractivity contribution in [1.29, 1.82) is 0 Å². The van der Waals surface area contributed by atoms with E-state index < -0.39 is 6.09 Å². The van der Waals surface area contributed by atoms with Gasteiger partial charge in [0.05, 0.1) is 12.1 Å². The van der Waals surface area contributed by atoms with Crippen molar-refractivity contribution in [1.82, 2.24) is 9.80 Å². The molecule has 0 aromatic heterocycles. The number of anilines is 1. The highest BCUT2D eigenvalue weighted by Crippen LogP contribution is 2.51. The summed E-state index contributed by atoms with van der Waals surface area (Å²) in [6.07, 6.45) is 2.00. The van der Waals surface area contributed by atoms with Gasteiger partial charge >= 0.3 is 6.09 Å². The van der Waals surface area contributed by atoms with Crippen molar-refractivity contribution in [2.45, 2.75) is 31.3 Å². The number of nitrogens with zero attached hydrogens (tertiary/aromatic N) is 2. The molecule has 29 heavy (non-hydrogen) atoms. The molecule has 6 heteroatoms. The minimum absolute atomic E-state index is 0.0481. The fourth-order valence-corrected chi connectivity index (χ4v) is 5.22.